The van der Waals surface area contributed by atoms with Gasteiger partial charge in [-0.25, -0.2) is 9.59 Å². The Bertz CT molecular complexity index is 1460. The van der Waals surface area contributed by atoms with Crippen molar-refractivity contribution in [3.05, 3.63) is 99.7 Å². The molecule has 1 aliphatic carbocycles. The molecule has 4 aromatic rings. The van der Waals surface area contributed by atoms with Crippen molar-refractivity contribution in [1.29, 1.82) is 0 Å². The lowest BCUT2D eigenvalue weighted by Crippen LogP contribution is -2.29. The summed E-state index contributed by atoms with van der Waals surface area (Å²) >= 11 is 0. The smallest absolute Gasteiger partial charge is 0.373 e. The van der Waals surface area contributed by atoms with Crippen LogP contribution in [0.3, 0.4) is 0 Å². The predicted molar refractivity (Wildman–Crippen MR) is 127 cm³/mol. The molecule has 1 aliphatic rings. The van der Waals surface area contributed by atoms with Crippen molar-refractivity contribution in [3.63, 3.8) is 0 Å². The number of carbonyl (C=O) groups is 1. The topological polar surface area (TPSA) is 73.8 Å². The summed E-state index contributed by atoms with van der Waals surface area (Å²) in [6, 6.07) is 20.8. The summed E-state index contributed by atoms with van der Waals surface area (Å²) in [4.78, 5) is 30.3. The van der Waals surface area contributed by atoms with Gasteiger partial charge in [-0.2, -0.15) is 0 Å². The van der Waals surface area contributed by atoms with E-state index in [1.807, 2.05) is 24.3 Å². The lowest BCUT2D eigenvalue weighted by molar-refractivity contribution is 0.0509. The second kappa shape index (κ2) is 7.89. The molecule has 0 bridgehead atoms. The van der Waals surface area contributed by atoms with E-state index in [2.05, 4.69) is 48.7 Å². The van der Waals surface area contributed by atoms with Crippen LogP contribution in [0.15, 0.2) is 81.1 Å². The third kappa shape index (κ3) is 3.89. The van der Waals surface area contributed by atoms with E-state index in [0.29, 0.717) is 23.1 Å². The number of nitrogens with zero attached hydrogens (tertiary/aromatic N) is 2. The molecule has 0 N–H and O–H groups in total. The molecule has 0 aliphatic heterocycles. The zero-order valence-corrected chi connectivity index (χ0v) is 18.8. The maximum Gasteiger partial charge on any atom is 0.373 e. The molecule has 0 atom stereocenters. The van der Waals surface area contributed by atoms with E-state index in [0.717, 1.165) is 29.1 Å². The molecule has 33 heavy (non-hydrogen) atoms. The van der Waals surface area contributed by atoms with Gasteiger partial charge in [-0.1, -0.05) is 55.4 Å². The largest absolute Gasteiger partial charge is 0.422 e. The monoisotopic (exact) mass is 440 g/mol. The minimum absolute atomic E-state index is 0.0719. The van der Waals surface area contributed by atoms with Crippen LogP contribution in [0.1, 0.15) is 47.6 Å². The Morgan fingerprint density at radius 3 is 2.55 bits per heavy atom. The molecule has 2 heterocycles. The van der Waals surface area contributed by atoms with Crippen LogP contribution in [-0.2, 0) is 11.3 Å². The number of carbonyl (C=O) groups excluding carboxylic acids is 1. The van der Waals surface area contributed by atoms with Crippen molar-refractivity contribution in [2.45, 2.75) is 33.6 Å². The van der Waals surface area contributed by atoms with Gasteiger partial charge in [-0.15, -0.1) is 0 Å². The summed E-state index contributed by atoms with van der Waals surface area (Å²) in [7, 11) is 0. The highest BCUT2D eigenvalue weighted by Crippen LogP contribution is 2.38. The first-order valence-corrected chi connectivity index (χ1v) is 10.9. The zero-order chi connectivity index (χ0) is 23.2. The normalized spacial score (nSPS) is 16.0. The second-order valence-electron chi connectivity index (χ2n) is 9.24. The molecule has 6 heteroatoms. The van der Waals surface area contributed by atoms with Crippen LogP contribution in [0.4, 0.5) is 0 Å². The number of hydrogen-bond acceptors (Lipinski definition) is 5. The van der Waals surface area contributed by atoms with Crippen LogP contribution in [0.25, 0.3) is 16.7 Å². The van der Waals surface area contributed by atoms with Crippen LogP contribution in [0.2, 0.25) is 0 Å². The number of fused-ring (bicyclic) bond motifs is 2. The lowest BCUT2D eigenvalue weighted by Gasteiger charge is -2.31. The molecular formula is C27H24N2O4. The average Bonchev–Trinajstić information content (AvgIpc) is 3.12. The van der Waals surface area contributed by atoms with Crippen molar-refractivity contribution in [2.75, 3.05) is 0 Å². The van der Waals surface area contributed by atoms with E-state index in [1.165, 1.54) is 6.07 Å². The third-order valence-corrected chi connectivity index (χ3v) is 6.00. The lowest BCUT2D eigenvalue weighted by atomic mass is 9.76. The third-order valence-electron chi connectivity index (χ3n) is 6.00. The first kappa shape index (κ1) is 20.9. The van der Waals surface area contributed by atoms with Gasteiger partial charge in [0.2, 0.25) is 0 Å². The number of benzene rings is 2. The highest BCUT2D eigenvalue weighted by molar-refractivity contribution is 6.04. The van der Waals surface area contributed by atoms with Crippen molar-refractivity contribution < 1.29 is 14.0 Å². The maximum atomic E-state index is 12.7. The Balaban J connectivity index is 1.52. The molecule has 0 saturated carbocycles. The molecule has 0 radical (unpaired) electrons. The van der Waals surface area contributed by atoms with E-state index in [9.17, 15) is 9.59 Å². The minimum atomic E-state index is -0.828. The van der Waals surface area contributed by atoms with Gasteiger partial charge in [0.1, 0.15) is 11.1 Å². The zero-order valence-electron chi connectivity index (χ0n) is 18.8. The Morgan fingerprint density at radius 1 is 1.03 bits per heavy atom. The van der Waals surface area contributed by atoms with E-state index >= 15 is 0 Å². The molecule has 2 aromatic carbocycles. The van der Waals surface area contributed by atoms with Gasteiger partial charge in [0, 0.05) is 28.0 Å². The molecule has 0 saturated heterocycles. The number of oxime groups is 1. The van der Waals surface area contributed by atoms with Gasteiger partial charge >= 0.3 is 11.6 Å². The summed E-state index contributed by atoms with van der Waals surface area (Å²) in [5.74, 6) is -0.828. The molecule has 6 nitrogen and oxygen atoms in total. The molecular weight excluding hydrogens is 416 g/mol. The van der Waals surface area contributed by atoms with E-state index in [4.69, 9.17) is 9.25 Å². The maximum absolute atomic E-state index is 12.7. The molecule has 2 aromatic heterocycles. The molecule has 0 fully saturated rings. The first-order valence-electron chi connectivity index (χ1n) is 10.9. The summed E-state index contributed by atoms with van der Waals surface area (Å²) < 4.78 is 7.48. The van der Waals surface area contributed by atoms with Crippen molar-refractivity contribution in [1.82, 2.24) is 4.57 Å². The van der Waals surface area contributed by atoms with E-state index in [1.54, 1.807) is 18.2 Å². The Kier molecular flexibility index (Phi) is 5.01. The fourth-order valence-electron chi connectivity index (χ4n) is 4.55. The van der Waals surface area contributed by atoms with Gasteiger partial charge in [-0.05, 0) is 55.5 Å². The molecule has 0 amide bonds. The average molecular weight is 440 g/mol. The summed E-state index contributed by atoms with van der Waals surface area (Å²) in [6.45, 7) is 6.40. The van der Waals surface area contributed by atoms with Gasteiger partial charge in [0.25, 0.3) is 0 Å². The summed E-state index contributed by atoms with van der Waals surface area (Å²) in [5, 5.41) is 4.89. The first-order chi connectivity index (χ1) is 15.8. The number of para-hydroxylation sites is 2. The second-order valence-corrected chi connectivity index (χ2v) is 9.24. The van der Waals surface area contributed by atoms with Gasteiger partial charge in [0.05, 0.1) is 5.71 Å². The highest BCUT2D eigenvalue weighted by atomic mass is 16.7. The fourth-order valence-corrected chi connectivity index (χ4v) is 4.55. The van der Waals surface area contributed by atoms with Gasteiger partial charge in [-0.3, -0.25) is 0 Å². The van der Waals surface area contributed by atoms with Crippen molar-refractivity contribution in [2.24, 2.45) is 10.6 Å². The van der Waals surface area contributed by atoms with Crippen LogP contribution in [-0.4, -0.2) is 16.2 Å². The Hall–Kier alpha value is -3.93. The van der Waals surface area contributed by atoms with Crippen LogP contribution >= 0.6 is 0 Å². The SMILES string of the molecule is Cc1cc2c(n1-c1ccccc1)CC(C)(C)C/C2=N\OC(=O)c1cc2ccccc2oc1=O. The van der Waals surface area contributed by atoms with Crippen molar-refractivity contribution >= 4 is 22.7 Å². The standard InChI is InChI=1S/C27H24N2O4/c1-17-13-20-22(15-27(2,3)16-23(20)29(17)19-10-5-4-6-11-19)28-33-26(31)21-14-18-9-7-8-12-24(18)32-25(21)30/h4-14H,15-16H2,1-3H3/b28-22+. The number of hydrogen-bond donors (Lipinski definition) is 0. The van der Waals surface area contributed by atoms with Crippen LogP contribution in [0, 0.1) is 12.3 Å². The highest BCUT2D eigenvalue weighted by Gasteiger charge is 2.34. The molecule has 0 spiro atoms. The Morgan fingerprint density at radius 2 is 1.76 bits per heavy atom. The summed E-state index contributed by atoms with van der Waals surface area (Å²) in [6.07, 6.45) is 1.52. The molecule has 166 valence electrons. The quantitative estimate of drug-likeness (QED) is 0.242. The number of aromatic nitrogens is 1. The molecule has 5 rings (SSSR count). The number of aryl methyl sites for hydroxylation is 1. The summed E-state index contributed by atoms with van der Waals surface area (Å²) in [5.41, 5.74) is 4.39. The van der Waals surface area contributed by atoms with Crippen molar-refractivity contribution in [3.8, 4) is 5.69 Å². The van der Waals surface area contributed by atoms with Gasteiger partial charge < -0.3 is 13.8 Å². The Labute approximate surface area is 191 Å². The van der Waals surface area contributed by atoms with Gasteiger partial charge in [0.15, 0.2) is 0 Å². The predicted octanol–water partition coefficient (Wildman–Crippen LogP) is 5.43. The van der Waals surface area contributed by atoms with E-state index in [-0.39, 0.29) is 11.0 Å². The number of rotatable bonds is 3. The van der Waals surface area contributed by atoms with Crippen LogP contribution < -0.4 is 5.63 Å². The fraction of sp³-hybridized carbons (Fsp3) is 0.222. The minimum Gasteiger partial charge on any atom is -0.422 e. The molecule has 0 unspecified atom stereocenters. The van der Waals surface area contributed by atoms with Crippen LogP contribution in [0.5, 0.6) is 0 Å². The van der Waals surface area contributed by atoms with E-state index < -0.39 is 11.6 Å².